The average molecular weight is 338 g/mol. The smallest absolute Gasteiger partial charge is 0.410 e. The van der Waals surface area contributed by atoms with Gasteiger partial charge in [0, 0.05) is 32.7 Å². The van der Waals surface area contributed by atoms with Gasteiger partial charge in [-0.2, -0.15) is 0 Å². The Bertz CT molecular complexity index is 489. The number of carbonyl (C=O) groups is 1. The molecule has 7 heteroatoms. The molecule has 1 amide bonds. The summed E-state index contributed by atoms with van der Waals surface area (Å²) < 4.78 is 10.7. The molecule has 2 rings (SSSR count). The van der Waals surface area contributed by atoms with E-state index in [1.165, 1.54) is 5.57 Å². The largest absolute Gasteiger partial charge is 0.444 e. The molecule has 1 saturated heterocycles. The molecule has 0 spiro atoms. The Hall–Kier alpha value is -1.76. The zero-order valence-corrected chi connectivity index (χ0v) is 15.1. The van der Waals surface area contributed by atoms with Crippen LogP contribution in [0.5, 0.6) is 0 Å². The van der Waals surface area contributed by atoms with Crippen molar-refractivity contribution < 1.29 is 14.3 Å². The number of hydrogen-bond acceptors (Lipinski definition) is 4. The number of carbonyl (C=O) groups excluding carboxylic acids is 1. The van der Waals surface area contributed by atoms with Crippen molar-refractivity contribution in [3.63, 3.8) is 0 Å². The zero-order valence-electron chi connectivity index (χ0n) is 15.1. The first-order valence-electron chi connectivity index (χ1n) is 8.63. The molecule has 2 heterocycles. The molecule has 24 heavy (non-hydrogen) atoms. The third-order valence-electron chi connectivity index (χ3n) is 4.02. The van der Waals surface area contributed by atoms with E-state index in [2.05, 4.69) is 11.1 Å². The minimum absolute atomic E-state index is 0.260. The molecule has 0 aromatic heterocycles. The molecular weight excluding hydrogens is 308 g/mol. The number of guanidine groups is 1. The highest BCUT2D eigenvalue weighted by Crippen LogP contribution is 2.13. The van der Waals surface area contributed by atoms with Crippen molar-refractivity contribution in [1.29, 1.82) is 0 Å². The van der Waals surface area contributed by atoms with E-state index in [-0.39, 0.29) is 6.09 Å². The SMILES string of the molecule is CC(C)(C)OC(=O)N1CCN(C(N)=NCCC2=CCOCC2)CC1. The van der Waals surface area contributed by atoms with Crippen molar-refractivity contribution in [2.45, 2.75) is 39.2 Å². The summed E-state index contributed by atoms with van der Waals surface area (Å²) in [6.07, 6.45) is 3.80. The van der Waals surface area contributed by atoms with Crippen LogP contribution in [0.4, 0.5) is 4.79 Å². The lowest BCUT2D eigenvalue weighted by molar-refractivity contribution is 0.0186. The van der Waals surface area contributed by atoms with Crippen molar-refractivity contribution in [3.8, 4) is 0 Å². The van der Waals surface area contributed by atoms with Crippen LogP contribution in [0.1, 0.15) is 33.6 Å². The highest BCUT2D eigenvalue weighted by atomic mass is 16.6. The van der Waals surface area contributed by atoms with E-state index in [9.17, 15) is 4.79 Å². The predicted molar refractivity (Wildman–Crippen MR) is 94.0 cm³/mol. The van der Waals surface area contributed by atoms with Crippen LogP contribution in [0.15, 0.2) is 16.6 Å². The second-order valence-corrected chi connectivity index (χ2v) is 7.13. The number of hydrogen-bond donors (Lipinski definition) is 1. The molecule has 0 unspecified atom stereocenters. The number of nitrogens with zero attached hydrogens (tertiary/aromatic N) is 3. The van der Waals surface area contributed by atoms with Gasteiger partial charge < -0.3 is 25.0 Å². The molecule has 1 fully saturated rings. The Morgan fingerprint density at radius 2 is 1.96 bits per heavy atom. The summed E-state index contributed by atoms with van der Waals surface area (Å²) in [5.74, 6) is 0.562. The molecule has 0 atom stereocenters. The maximum atomic E-state index is 12.0. The molecule has 0 aromatic rings. The van der Waals surface area contributed by atoms with Crippen LogP contribution >= 0.6 is 0 Å². The molecule has 2 aliphatic rings. The van der Waals surface area contributed by atoms with Crippen molar-refractivity contribution in [1.82, 2.24) is 9.80 Å². The van der Waals surface area contributed by atoms with Gasteiger partial charge in [0.1, 0.15) is 5.60 Å². The van der Waals surface area contributed by atoms with Crippen LogP contribution in [0.25, 0.3) is 0 Å². The van der Waals surface area contributed by atoms with Gasteiger partial charge in [0.15, 0.2) is 5.96 Å². The molecule has 0 aliphatic carbocycles. The van der Waals surface area contributed by atoms with E-state index in [1.54, 1.807) is 4.90 Å². The molecule has 0 bridgehead atoms. The molecule has 0 aromatic carbocycles. The minimum atomic E-state index is -0.465. The average Bonchev–Trinajstić information content (AvgIpc) is 2.54. The third-order valence-corrected chi connectivity index (χ3v) is 4.02. The van der Waals surface area contributed by atoms with Gasteiger partial charge in [0.05, 0.1) is 13.2 Å². The third kappa shape index (κ3) is 6.03. The second kappa shape index (κ2) is 8.37. The molecule has 2 N–H and O–H groups in total. The fourth-order valence-corrected chi connectivity index (χ4v) is 2.65. The first-order chi connectivity index (χ1) is 11.3. The van der Waals surface area contributed by atoms with Crippen LogP contribution in [-0.4, -0.2) is 73.4 Å². The Morgan fingerprint density at radius 3 is 2.54 bits per heavy atom. The van der Waals surface area contributed by atoms with Crippen molar-refractivity contribution in [3.05, 3.63) is 11.6 Å². The maximum absolute atomic E-state index is 12.0. The Labute approximate surface area is 144 Å². The molecule has 0 saturated carbocycles. The summed E-state index contributed by atoms with van der Waals surface area (Å²) >= 11 is 0. The van der Waals surface area contributed by atoms with Gasteiger partial charge >= 0.3 is 6.09 Å². The second-order valence-electron chi connectivity index (χ2n) is 7.13. The van der Waals surface area contributed by atoms with Gasteiger partial charge in [-0.15, -0.1) is 0 Å². The van der Waals surface area contributed by atoms with Gasteiger partial charge in [-0.3, -0.25) is 4.99 Å². The molecule has 0 radical (unpaired) electrons. The summed E-state index contributed by atoms with van der Waals surface area (Å²) in [7, 11) is 0. The van der Waals surface area contributed by atoms with Crippen LogP contribution in [0.3, 0.4) is 0 Å². The first kappa shape index (κ1) is 18.6. The van der Waals surface area contributed by atoms with E-state index in [1.807, 2.05) is 25.7 Å². The van der Waals surface area contributed by atoms with Crippen molar-refractivity contribution in [2.75, 3.05) is 45.9 Å². The lowest BCUT2D eigenvalue weighted by Crippen LogP contribution is -2.53. The lowest BCUT2D eigenvalue weighted by Gasteiger charge is -2.36. The summed E-state index contributed by atoms with van der Waals surface area (Å²) in [6, 6.07) is 0. The number of ether oxygens (including phenoxy) is 2. The predicted octanol–water partition coefficient (Wildman–Crippen LogP) is 1.59. The van der Waals surface area contributed by atoms with E-state index in [0.717, 1.165) is 19.4 Å². The van der Waals surface area contributed by atoms with Gasteiger partial charge in [-0.25, -0.2) is 4.79 Å². The van der Waals surface area contributed by atoms with E-state index >= 15 is 0 Å². The lowest BCUT2D eigenvalue weighted by atomic mass is 10.1. The number of aliphatic imine (C=N–C) groups is 1. The Morgan fingerprint density at radius 1 is 1.29 bits per heavy atom. The summed E-state index contributed by atoms with van der Waals surface area (Å²) in [5.41, 5.74) is 7.02. The van der Waals surface area contributed by atoms with Crippen molar-refractivity contribution in [2.24, 2.45) is 10.7 Å². The number of rotatable bonds is 3. The first-order valence-corrected chi connectivity index (χ1v) is 8.63. The van der Waals surface area contributed by atoms with E-state index < -0.39 is 5.60 Å². The monoisotopic (exact) mass is 338 g/mol. The van der Waals surface area contributed by atoms with Crippen LogP contribution < -0.4 is 5.73 Å². The van der Waals surface area contributed by atoms with Gasteiger partial charge in [0.25, 0.3) is 0 Å². The molecule has 2 aliphatic heterocycles. The fourth-order valence-electron chi connectivity index (χ4n) is 2.65. The highest BCUT2D eigenvalue weighted by molar-refractivity contribution is 5.78. The summed E-state index contributed by atoms with van der Waals surface area (Å²) in [4.78, 5) is 20.3. The van der Waals surface area contributed by atoms with E-state index in [4.69, 9.17) is 15.2 Å². The number of nitrogens with two attached hydrogens (primary N) is 1. The Kier molecular flexibility index (Phi) is 6.48. The van der Waals surface area contributed by atoms with Crippen LogP contribution in [0, 0.1) is 0 Å². The topological polar surface area (TPSA) is 80.4 Å². The zero-order chi connectivity index (χ0) is 17.6. The summed E-state index contributed by atoms with van der Waals surface area (Å²) in [6.45, 7) is 10.4. The number of piperazine rings is 1. The molecule has 7 nitrogen and oxygen atoms in total. The molecular formula is C17H30N4O3. The standard InChI is InChI=1S/C17H30N4O3/c1-17(2,3)24-16(22)21-10-8-20(9-11-21)15(18)19-7-4-14-5-12-23-13-6-14/h5H,4,6-13H2,1-3H3,(H2,18,19). The van der Waals surface area contributed by atoms with Crippen LogP contribution in [0.2, 0.25) is 0 Å². The maximum Gasteiger partial charge on any atom is 0.410 e. The highest BCUT2D eigenvalue weighted by Gasteiger charge is 2.26. The van der Waals surface area contributed by atoms with Gasteiger partial charge in [0.2, 0.25) is 0 Å². The van der Waals surface area contributed by atoms with Crippen LogP contribution in [-0.2, 0) is 9.47 Å². The van der Waals surface area contributed by atoms with Gasteiger partial charge in [-0.05, 0) is 33.6 Å². The molecule has 136 valence electrons. The van der Waals surface area contributed by atoms with E-state index in [0.29, 0.717) is 45.3 Å². The minimum Gasteiger partial charge on any atom is -0.444 e. The Balaban J connectivity index is 1.73. The summed E-state index contributed by atoms with van der Waals surface area (Å²) in [5, 5.41) is 0. The fraction of sp³-hybridized carbons (Fsp3) is 0.765. The van der Waals surface area contributed by atoms with Crippen molar-refractivity contribution >= 4 is 12.1 Å². The van der Waals surface area contributed by atoms with Gasteiger partial charge in [-0.1, -0.05) is 11.6 Å². The number of amides is 1. The normalized spacial score (nSPS) is 20.0. The quantitative estimate of drug-likeness (QED) is 0.480.